The number of hydrogen-bond acceptors (Lipinski definition) is 5. The maximum atomic E-state index is 12.6. The highest BCUT2D eigenvalue weighted by atomic mass is 16.5. The second-order valence-electron chi connectivity index (χ2n) is 6.36. The lowest BCUT2D eigenvalue weighted by atomic mass is 10.1. The van der Waals surface area contributed by atoms with Gasteiger partial charge in [-0.25, -0.2) is 4.79 Å². The number of benzene rings is 1. The molecule has 9 nitrogen and oxygen atoms in total. The molecule has 1 atom stereocenters. The van der Waals surface area contributed by atoms with Crippen LogP contribution in [0.1, 0.15) is 11.3 Å². The summed E-state index contributed by atoms with van der Waals surface area (Å²) >= 11 is 0. The molecule has 0 unspecified atom stereocenters. The topological polar surface area (TPSA) is 120 Å². The minimum Gasteiger partial charge on any atom is -0.361 e. The van der Waals surface area contributed by atoms with Gasteiger partial charge in [-0.2, -0.15) is 0 Å². The van der Waals surface area contributed by atoms with Crippen LogP contribution in [-0.4, -0.2) is 45.5 Å². The molecular weight excluding hydrogens is 350 g/mol. The Bertz CT molecular complexity index is 1040. The van der Waals surface area contributed by atoms with Crippen molar-refractivity contribution >= 4 is 34.6 Å². The standard InChI is InChI=1S/C18H17N5O4/c1-10-6-15(22-27-10)21-16(24)9-23-17(25)14(20-18(23)26)7-11-8-19-13-5-3-2-4-12(11)13/h2-6,8,14,19H,7,9H2,1H3,(H,20,26)(H,21,22,24)/t14-/m1/s1. The molecule has 0 radical (unpaired) electrons. The first kappa shape index (κ1) is 16.8. The number of para-hydroxylation sites is 1. The number of anilines is 1. The van der Waals surface area contributed by atoms with E-state index in [0.29, 0.717) is 12.2 Å². The molecule has 0 saturated carbocycles. The second kappa shape index (κ2) is 6.60. The van der Waals surface area contributed by atoms with E-state index in [1.165, 1.54) is 0 Å². The van der Waals surface area contributed by atoms with Crippen molar-refractivity contribution in [3.8, 4) is 0 Å². The number of amides is 4. The van der Waals surface area contributed by atoms with Gasteiger partial charge in [0.2, 0.25) is 5.91 Å². The molecule has 3 N–H and O–H groups in total. The third-order valence-corrected chi connectivity index (χ3v) is 4.40. The number of hydrogen-bond donors (Lipinski definition) is 3. The molecule has 3 aromatic rings. The maximum Gasteiger partial charge on any atom is 0.325 e. The van der Waals surface area contributed by atoms with Crippen LogP contribution in [-0.2, 0) is 16.0 Å². The molecule has 1 aliphatic rings. The van der Waals surface area contributed by atoms with Gasteiger partial charge in [-0.15, -0.1) is 0 Å². The number of urea groups is 1. The summed E-state index contributed by atoms with van der Waals surface area (Å²) in [6, 6.07) is 7.97. The zero-order valence-corrected chi connectivity index (χ0v) is 14.5. The number of H-pyrrole nitrogens is 1. The number of nitrogens with zero attached hydrogens (tertiary/aromatic N) is 2. The highest BCUT2D eigenvalue weighted by molar-refractivity contribution is 6.08. The fourth-order valence-electron chi connectivity index (χ4n) is 3.14. The Hall–Kier alpha value is -3.62. The van der Waals surface area contributed by atoms with Crippen molar-refractivity contribution in [2.75, 3.05) is 11.9 Å². The van der Waals surface area contributed by atoms with Crippen LogP contribution in [0.2, 0.25) is 0 Å². The Morgan fingerprint density at radius 2 is 2.15 bits per heavy atom. The van der Waals surface area contributed by atoms with Gasteiger partial charge in [0.05, 0.1) is 0 Å². The second-order valence-corrected chi connectivity index (χ2v) is 6.36. The molecule has 9 heteroatoms. The van der Waals surface area contributed by atoms with Gasteiger partial charge in [-0.1, -0.05) is 23.4 Å². The van der Waals surface area contributed by atoms with Gasteiger partial charge >= 0.3 is 6.03 Å². The number of aromatic amines is 1. The first-order valence-electron chi connectivity index (χ1n) is 8.41. The molecule has 1 aromatic carbocycles. The summed E-state index contributed by atoms with van der Waals surface area (Å²) < 4.78 is 4.86. The van der Waals surface area contributed by atoms with Gasteiger partial charge in [-0.05, 0) is 18.6 Å². The number of carbonyl (C=O) groups is 3. The smallest absolute Gasteiger partial charge is 0.325 e. The zero-order chi connectivity index (χ0) is 19.0. The van der Waals surface area contributed by atoms with Crippen LogP contribution in [0.15, 0.2) is 41.1 Å². The maximum absolute atomic E-state index is 12.6. The average molecular weight is 367 g/mol. The SMILES string of the molecule is Cc1cc(NC(=O)CN2C(=O)N[C@H](Cc3c[nH]c4ccccc34)C2=O)no1. The van der Waals surface area contributed by atoms with Crippen LogP contribution < -0.4 is 10.6 Å². The van der Waals surface area contributed by atoms with Gasteiger partial charge in [-0.3, -0.25) is 14.5 Å². The van der Waals surface area contributed by atoms with Gasteiger partial charge in [0.25, 0.3) is 5.91 Å². The van der Waals surface area contributed by atoms with Crippen LogP contribution >= 0.6 is 0 Å². The van der Waals surface area contributed by atoms with Gasteiger partial charge in [0.15, 0.2) is 5.82 Å². The van der Waals surface area contributed by atoms with Crippen LogP contribution in [0.5, 0.6) is 0 Å². The minimum absolute atomic E-state index is 0.236. The summed E-state index contributed by atoms with van der Waals surface area (Å²) in [5.74, 6) is -0.185. The first-order valence-corrected chi connectivity index (χ1v) is 8.41. The zero-order valence-electron chi connectivity index (χ0n) is 14.5. The first-order chi connectivity index (χ1) is 13.0. The summed E-state index contributed by atoms with van der Waals surface area (Å²) in [7, 11) is 0. The third kappa shape index (κ3) is 3.26. The molecule has 27 heavy (non-hydrogen) atoms. The monoisotopic (exact) mass is 367 g/mol. The molecule has 0 spiro atoms. The lowest BCUT2D eigenvalue weighted by Crippen LogP contribution is -2.38. The third-order valence-electron chi connectivity index (χ3n) is 4.40. The summed E-state index contributed by atoms with van der Waals surface area (Å²) in [4.78, 5) is 40.9. The van der Waals surface area contributed by atoms with Gasteiger partial charge < -0.3 is 20.1 Å². The molecule has 1 aliphatic heterocycles. The summed E-state index contributed by atoms with van der Waals surface area (Å²) in [6.45, 7) is 1.30. The predicted octanol–water partition coefficient (Wildman–Crippen LogP) is 1.57. The fourth-order valence-corrected chi connectivity index (χ4v) is 3.14. The molecule has 1 saturated heterocycles. The Kier molecular flexibility index (Phi) is 4.11. The normalized spacial score (nSPS) is 16.8. The van der Waals surface area contributed by atoms with Gasteiger partial charge in [0.1, 0.15) is 18.3 Å². The Morgan fingerprint density at radius 1 is 1.33 bits per heavy atom. The van der Waals surface area contributed by atoms with Crippen molar-refractivity contribution in [1.29, 1.82) is 0 Å². The highest BCUT2D eigenvalue weighted by Crippen LogP contribution is 2.21. The molecule has 1 fully saturated rings. The number of nitrogens with one attached hydrogen (secondary N) is 3. The van der Waals surface area contributed by atoms with Crippen LogP contribution in [0.25, 0.3) is 10.9 Å². The van der Waals surface area contributed by atoms with E-state index in [-0.39, 0.29) is 12.4 Å². The molecule has 2 aromatic heterocycles. The van der Waals surface area contributed by atoms with E-state index >= 15 is 0 Å². The number of fused-ring (bicyclic) bond motifs is 1. The van der Waals surface area contributed by atoms with Gasteiger partial charge in [0, 0.05) is 29.6 Å². The van der Waals surface area contributed by atoms with E-state index in [1.54, 1.807) is 13.0 Å². The number of imide groups is 1. The number of aryl methyl sites for hydroxylation is 1. The number of carbonyl (C=O) groups excluding carboxylic acids is 3. The molecule has 4 amide bonds. The summed E-state index contributed by atoms with van der Waals surface area (Å²) in [5, 5.41) is 9.78. The van der Waals surface area contributed by atoms with Crippen molar-refractivity contribution in [3.63, 3.8) is 0 Å². The van der Waals surface area contributed by atoms with Crippen LogP contribution in [0, 0.1) is 6.92 Å². The van der Waals surface area contributed by atoms with Crippen molar-refractivity contribution in [1.82, 2.24) is 20.4 Å². The van der Waals surface area contributed by atoms with Crippen LogP contribution in [0.4, 0.5) is 10.6 Å². The van der Waals surface area contributed by atoms with E-state index in [9.17, 15) is 14.4 Å². The highest BCUT2D eigenvalue weighted by Gasteiger charge is 2.39. The van der Waals surface area contributed by atoms with Crippen molar-refractivity contribution in [2.24, 2.45) is 0 Å². The van der Waals surface area contributed by atoms with E-state index in [1.807, 2.05) is 30.5 Å². The van der Waals surface area contributed by atoms with Crippen molar-refractivity contribution in [2.45, 2.75) is 19.4 Å². The molecule has 0 aliphatic carbocycles. The van der Waals surface area contributed by atoms with E-state index in [0.717, 1.165) is 21.4 Å². The molecule has 3 heterocycles. The Balaban J connectivity index is 1.43. The summed E-state index contributed by atoms with van der Waals surface area (Å²) in [6.07, 6.45) is 2.17. The predicted molar refractivity (Wildman–Crippen MR) is 95.9 cm³/mol. The van der Waals surface area contributed by atoms with E-state index in [4.69, 9.17) is 4.52 Å². The summed E-state index contributed by atoms with van der Waals surface area (Å²) in [5.41, 5.74) is 1.89. The lowest BCUT2D eigenvalue weighted by molar-refractivity contribution is -0.130. The molecule has 0 bridgehead atoms. The van der Waals surface area contributed by atoms with E-state index < -0.39 is 23.9 Å². The Labute approximate surface area is 153 Å². The minimum atomic E-state index is -0.709. The van der Waals surface area contributed by atoms with Crippen molar-refractivity contribution in [3.05, 3.63) is 47.9 Å². The largest absolute Gasteiger partial charge is 0.361 e. The number of rotatable bonds is 5. The van der Waals surface area contributed by atoms with E-state index in [2.05, 4.69) is 20.8 Å². The molecule has 138 valence electrons. The number of aromatic nitrogens is 2. The Morgan fingerprint density at radius 3 is 2.93 bits per heavy atom. The fraction of sp³-hybridized carbons (Fsp3) is 0.222. The lowest BCUT2D eigenvalue weighted by Gasteiger charge is -2.12. The van der Waals surface area contributed by atoms with Crippen LogP contribution in [0.3, 0.4) is 0 Å². The molecule has 4 rings (SSSR count). The average Bonchev–Trinajstić information content (AvgIpc) is 3.31. The van der Waals surface area contributed by atoms with Crippen molar-refractivity contribution < 1.29 is 18.9 Å². The molecular formula is C18H17N5O4. The quantitative estimate of drug-likeness (QED) is 0.591.